The Morgan fingerprint density at radius 3 is 2.00 bits per heavy atom. The van der Waals surface area contributed by atoms with Crippen molar-refractivity contribution in [3.8, 4) is 0 Å². The second-order valence-corrected chi connectivity index (χ2v) is 6.59. The van der Waals surface area contributed by atoms with Gasteiger partial charge >= 0.3 is 5.97 Å². The van der Waals surface area contributed by atoms with Gasteiger partial charge in [0, 0.05) is 19.8 Å². The van der Waals surface area contributed by atoms with Gasteiger partial charge in [-0.25, -0.2) is 4.79 Å². The van der Waals surface area contributed by atoms with Gasteiger partial charge in [-0.1, -0.05) is 0 Å². The Morgan fingerprint density at radius 2 is 1.59 bits per heavy atom. The molecule has 0 aliphatic carbocycles. The predicted molar refractivity (Wildman–Crippen MR) is 75.9 cm³/mol. The van der Waals surface area contributed by atoms with E-state index in [0.29, 0.717) is 5.06 Å². The van der Waals surface area contributed by atoms with Crippen molar-refractivity contribution in [1.82, 2.24) is 9.96 Å². The van der Waals surface area contributed by atoms with Crippen molar-refractivity contribution in [1.29, 1.82) is 0 Å². The summed E-state index contributed by atoms with van der Waals surface area (Å²) in [6.45, 7) is 8.50. The van der Waals surface area contributed by atoms with Crippen LogP contribution in [0.4, 0.5) is 0 Å². The van der Waals surface area contributed by atoms with E-state index in [1.165, 1.54) is 6.92 Å². The molecule has 3 amide bonds. The highest BCUT2D eigenvalue weighted by molar-refractivity contribution is 6.03. The average Bonchev–Trinajstić information content (AvgIpc) is 2.75. The molecular weight excluding hydrogens is 288 g/mol. The fourth-order valence-electron chi connectivity index (χ4n) is 3.33. The summed E-state index contributed by atoms with van der Waals surface area (Å²) in [7, 11) is 0. The molecule has 2 aliphatic rings. The van der Waals surface area contributed by atoms with Crippen molar-refractivity contribution >= 4 is 23.7 Å². The van der Waals surface area contributed by atoms with Gasteiger partial charge in [-0.05, 0) is 33.8 Å². The molecular formula is C15H20N2O5. The number of hydrogen-bond acceptors (Lipinski definition) is 5. The second-order valence-electron chi connectivity index (χ2n) is 6.59. The van der Waals surface area contributed by atoms with E-state index in [-0.39, 0.29) is 24.3 Å². The van der Waals surface area contributed by atoms with Crippen LogP contribution in [0.2, 0.25) is 0 Å². The monoisotopic (exact) mass is 308 g/mol. The molecule has 2 rings (SSSR count). The fraction of sp³-hybridized carbons (Fsp3) is 0.600. The molecule has 1 saturated heterocycles. The van der Waals surface area contributed by atoms with Gasteiger partial charge < -0.3 is 9.74 Å². The molecule has 1 fully saturated rings. The zero-order chi connectivity index (χ0) is 16.9. The van der Waals surface area contributed by atoms with Crippen LogP contribution in [0, 0.1) is 0 Å². The molecule has 7 nitrogen and oxygen atoms in total. The standard InChI is InChI=1S/C15H20N2O5/c1-9(18)17-14(2,3)8-10(15(17,4)5)13(21)22-16-11(19)6-7-12(16)20/h8H,6-7H2,1-5H3. The summed E-state index contributed by atoms with van der Waals surface area (Å²) >= 11 is 0. The van der Waals surface area contributed by atoms with Crippen LogP contribution in [-0.2, 0) is 24.0 Å². The fourth-order valence-corrected chi connectivity index (χ4v) is 3.33. The molecule has 22 heavy (non-hydrogen) atoms. The Balaban J connectivity index is 2.28. The third kappa shape index (κ3) is 2.40. The molecule has 120 valence electrons. The molecule has 2 aliphatic heterocycles. The summed E-state index contributed by atoms with van der Waals surface area (Å²) in [6.07, 6.45) is 1.72. The van der Waals surface area contributed by atoms with E-state index in [4.69, 9.17) is 4.84 Å². The van der Waals surface area contributed by atoms with Crippen molar-refractivity contribution in [2.75, 3.05) is 0 Å². The van der Waals surface area contributed by atoms with Crippen LogP contribution in [0.3, 0.4) is 0 Å². The van der Waals surface area contributed by atoms with E-state index in [0.717, 1.165) is 0 Å². The molecule has 2 heterocycles. The van der Waals surface area contributed by atoms with Crippen molar-refractivity contribution in [2.45, 2.75) is 58.5 Å². The van der Waals surface area contributed by atoms with Crippen LogP contribution >= 0.6 is 0 Å². The third-order valence-electron chi connectivity index (χ3n) is 4.01. The smallest absolute Gasteiger partial charge is 0.325 e. The summed E-state index contributed by atoms with van der Waals surface area (Å²) in [6, 6.07) is 0. The summed E-state index contributed by atoms with van der Waals surface area (Å²) in [5, 5.41) is 0.517. The van der Waals surface area contributed by atoms with Crippen LogP contribution in [0.5, 0.6) is 0 Å². The molecule has 0 aromatic heterocycles. The molecule has 0 saturated carbocycles. The number of imide groups is 1. The number of nitrogens with zero attached hydrogens (tertiary/aromatic N) is 2. The first-order valence-electron chi connectivity index (χ1n) is 7.11. The number of rotatable bonds is 2. The Kier molecular flexibility index (Phi) is 3.63. The highest BCUT2D eigenvalue weighted by Crippen LogP contribution is 2.40. The van der Waals surface area contributed by atoms with Gasteiger partial charge in [0.25, 0.3) is 11.8 Å². The lowest BCUT2D eigenvalue weighted by Crippen LogP contribution is -2.53. The van der Waals surface area contributed by atoms with Crippen LogP contribution in [0.1, 0.15) is 47.5 Å². The van der Waals surface area contributed by atoms with Crippen LogP contribution in [0.15, 0.2) is 11.6 Å². The van der Waals surface area contributed by atoms with E-state index < -0.39 is 28.9 Å². The lowest BCUT2D eigenvalue weighted by Gasteiger charge is -2.41. The molecule has 0 unspecified atom stereocenters. The number of amides is 3. The Labute approximate surface area is 128 Å². The SMILES string of the molecule is CC(=O)N1C(C)(C)C=C(C(=O)ON2C(=O)CCC2=O)C1(C)C. The minimum atomic E-state index is -0.891. The number of carbonyl (C=O) groups excluding carboxylic acids is 4. The van der Waals surface area contributed by atoms with Crippen molar-refractivity contribution in [3.63, 3.8) is 0 Å². The highest BCUT2D eigenvalue weighted by atomic mass is 16.7. The van der Waals surface area contributed by atoms with Gasteiger partial charge in [-0.15, -0.1) is 5.06 Å². The Morgan fingerprint density at radius 1 is 1.09 bits per heavy atom. The highest BCUT2D eigenvalue weighted by Gasteiger charge is 2.50. The molecule has 0 bridgehead atoms. The minimum Gasteiger partial charge on any atom is -0.325 e. The first-order valence-corrected chi connectivity index (χ1v) is 7.11. The summed E-state index contributed by atoms with van der Waals surface area (Å²) in [4.78, 5) is 53.9. The van der Waals surface area contributed by atoms with E-state index >= 15 is 0 Å². The maximum atomic E-state index is 12.4. The number of hydrogen-bond donors (Lipinski definition) is 0. The molecule has 0 N–H and O–H groups in total. The molecule has 0 radical (unpaired) electrons. The summed E-state index contributed by atoms with van der Waals surface area (Å²) < 4.78 is 0. The first kappa shape index (κ1) is 16.2. The van der Waals surface area contributed by atoms with Crippen molar-refractivity contribution in [2.24, 2.45) is 0 Å². The van der Waals surface area contributed by atoms with Gasteiger partial charge in [0.05, 0.1) is 16.7 Å². The van der Waals surface area contributed by atoms with Gasteiger partial charge in [0.2, 0.25) is 5.91 Å². The number of hydroxylamine groups is 2. The Hall–Kier alpha value is -2.18. The second kappa shape index (κ2) is 4.93. The largest absolute Gasteiger partial charge is 0.362 e. The average molecular weight is 308 g/mol. The van der Waals surface area contributed by atoms with Crippen LogP contribution < -0.4 is 0 Å². The van der Waals surface area contributed by atoms with E-state index in [9.17, 15) is 19.2 Å². The van der Waals surface area contributed by atoms with Gasteiger partial charge in [-0.3, -0.25) is 14.4 Å². The van der Waals surface area contributed by atoms with Crippen molar-refractivity contribution in [3.05, 3.63) is 11.6 Å². The van der Waals surface area contributed by atoms with E-state index in [1.807, 2.05) is 13.8 Å². The van der Waals surface area contributed by atoms with Gasteiger partial charge in [0.1, 0.15) is 0 Å². The molecule has 0 aromatic rings. The lowest BCUT2D eigenvalue weighted by atomic mass is 9.95. The quantitative estimate of drug-likeness (QED) is 0.709. The van der Waals surface area contributed by atoms with E-state index in [1.54, 1.807) is 24.8 Å². The summed E-state index contributed by atoms with van der Waals surface area (Å²) in [5.74, 6) is -2.03. The van der Waals surface area contributed by atoms with Crippen LogP contribution in [-0.4, -0.2) is 44.7 Å². The maximum Gasteiger partial charge on any atom is 0.362 e. The van der Waals surface area contributed by atoms with E-state index in [2.05, 4.69) is 0 Å². The lowest BCUT2D eigenvalue weighted by molar-refractivity contribution is -0.195. The van der Waals surface area contributed by atoms with Crippen molar-refractivity contribution < 1.29 is 24.0 Å². The normalized spacial score (nSPS) is 22.9. The first-order chi connectivity index (χ1) is 9.98. The molecule has 0 aromatic carbocycles. The molecule has 7 heteroatoms. The molecule has 0 atom stereocenters. The maximum absolute atomic E-state index is 12.4. The van der Waals surface area contributed by atoms with Crippen LogP contribution in [0.25, 0.3) is 0 Å². The summed E-state index contributed by atoms with van der Waals surface area (Å²) in [5.41, 5.74) is -1.30. The Bertz CT molecular complexity index is 587. The topological polar surface area (TPSA) is 84.0 Å². The zero-order valence-corrected chi connectivity index (χ0v) is 13.4. The van der Waals surface area contributed by atoms with Gasteiger partial charge in [0.15, 0.2) is 0 Å². The zero-order valence-electron chi connectivity index (χ0n) is 13.4. The number of carbonyl (C=O) groups is 4. The third-order valence-corrected chi connectivity index (χ3v) is 4.01. The molecule has 0 spiro atoms. The minimum absolute atomic E-state index is 0.0413. The van der Waals surface area contributed by atoms with Gasteiger partial charge in [-0.2, -0.15) is 0 Å². The predicted octanol–water partition coefficient (Wildman–Crippen LogP) is 0.939.